The monoisotopic (exact) mass is 350 g/mol. The third-order valence-corrected chi connectivity index (χ3v) is 4.14. The SMILES string of the molecule is Cc1cc2ncc(CNc3ccc(Br)c(Cl)c3)cn2n1. The molecule has 0 amide bonds. The van der Waals surface area contributed by atoms with E-state index in [1.165, 1.54) is 0 Å². The second-order valence-electron chi connectivity index (χ2n) is 4.53. The Morgan fingerprint density at radius 3 is 3.00 bits per heavy atom. The molecule has 2 aromatic heterocycles. The van der Waals surface area contributed by atoms with Crippen LogP contribution in [0.1, 0.15) is 11.3 Å². The second-order valence-corrected chi connectivity index (χ2v) is 5.79. The highest BCUT2D eigenvalue weighted by atomic mass is 79.9. The van der Waals surface area contributed by atoms with E-state index in [9.17, 15) is 0 Å². The minimum Gasteiger partial charge on any atom is -0.381 e. The number of aromatic nitrogens is 3. The van der Waals surface area contributed by atoms with Gasteiger partial charge in [0.15, 0.2) is 5.65 Å². The van der Waals surface area contributed by atoms with E-state index in [2.05, 4.69) is 31.3 Å². The van der Waals surface area contributed by atoms with Gasteiger partial charge >= 0.3 is 0 Å². The molecular formula is C14H12BrClN4. The molecule has 6 heteroatoms. The molecule has 1 N–H and O–H groups in total. The highest BCUT2D eigenvalue weighted by molar-refractivity contribution is 9.10. The normalized spacial score (nSPS) is 10.9. The quantitative estimate of drug-likeness (QED) is 0.773. The van der Waals surface area contributed by atoms with Gasteiger partial charge in [0.1, 0.15) is 0 Å². The average molecular weight is 352 g/mol. The summed E-state index contributed by atoms with van der Waals surface area (Å²) in [7, 11) is 0. The van der Waals surface area contributed by atoms with Crippen molar-refractivity contribution in [2.45, 2.75) is 13.5 Å². The number of anilines is 1. The topological polar surface area (TPSA) is 42.2 Å². The lowest BCUT2D eigenvalue weighted by Crippen LogP contribution is -2.02. The van der Waals surface area contributed by atoms with Crippen molar-refractivity contribution < 1.29 is 0 Å². The van der Waals surface area contributed by atoms with Crippen LogP contribution in [0.5, 0.6) is 0 Å². The molecule has 0 fully saturated rings. The molecule has 0 aliphatic heterocycles. The molecule has 0 saturated heterocycles. The van der Waals surface area contributed by atoms with Gasteiger partial charge in [0, 0.05) is 40.7 Å². The number of hydrogen-bond donors (Lipinski definition) is 1. The van der Waals surface area contributed by atoms with Crippen molar-refractivity contribution in [3.05, 3.63) is 57.4 Å². The van der Waals surface area contributed by atoms with E-state index in [0.29, 0.717) is 11.6 Å². The first-order valence-electron chi connectivity index (χ1n) is 6.12. The zero-order valence-electron chi connectivity index (χ0n) is 10.8. The molecule has 3 aromatic rings. The molecule has 3 rings (SSSR count). The number of nitrogens with zero attached hydrogens (tertiary/aromatic N) is 3. The minimum atomic E-state index is 0.666. The van der Waals surface area contributed by atoms with E-state index in [4.69, 9.17) is 11.6 Å². The van der Waals surface area contributed by atoms with Gasteiger partial charge in [-0.25, -0.2) is 9.50 Å². The summed E-state index contributed by atoms with van der Waals surface area (Å²) in [5.41, 5.74) is 3.84. The lowest BCUT2D eigenvalue weighted by Gasteiger charge is -2.07. The summed E-state index contributed by atoms with van der Waals surface area (Å²) in [4.78, 5) is 4.37. The molecule has 0 saturated carbocycles. The molecule has 102 valence electrons. The number of benzene rings is 1. The third-order valence-electron chi connectivity index (χ3n) is 2.91. The Morgan fingerprint density at radius 1 is 1.35 bits per heavy atom. The zero-order chi connectivity index (χ0) is 14.1. The zero-order valence-corrected chi connectivity index (χ0v) is 13.1. The van der Waals surface area contributed by atoms with E-state index >= 15 is 0 Å². The average Bonchev–Trinajstić information content (AvgIpc) is 2.79. The number of aryl methyl sites for hydroxylation is 1. The van der Waals surface area contributed by atoms with Gasteiger partial charge in [-0.2, -0.15) is 5.10 Å². The van der Waals surface area contributed by atoms with Crippen LogP contribution in [0.15, 0.2) is 41.1 Å². The molecule has 0 aliphatic rings. The first-order valence-corrected chi connectivity index (χ1v) is 7.29. The standard InChI is InChI=1S/C14H12BrClN4/c1-9-4-14-18-7-10(8-20(14)19-9)6-17-11-2-3-12(15)13(16)5-11/h2-5,7-8,17H,6H2,1H3. The predicted molar refractivity (Wildman–Crippen MR) is 84.2 cm³/mol. The van der Waals surface area contributed by atoms with Gasteiger partial charge < -0.3 is 5.32 Å². The van der Waals surface area contributed by atoms with Crippen LogP contribution in [0, 0.1) is 6.92 Å². The molecule has 0 aliphatic carbocycles. The Balaban J connectivity index is 1.77. The van der Waals surface area contributed by atoms with Crippen molar-refractivity contribution in [2.75, 3.05) is 5.32 Å². The summed E-state index contributed by atoms with van der Waals surface area (Å²) in [6.07, 6.45) is 3.83. The molecular weight excluding hydrogens is 340 g/mol. The van der Waals surface area contributed by atoms with Crippen LogP contribution in [-0.2, 0) is 6.54 Å². The van der Waals surface area contributed by atoms with E-state index in [1.54, 1.807) is 4.52 Å². The van der Waals surface area contributed by atoms with Crippen LogP contribution in [0.25, 0.3) is 5.65 Å². The Hall–Kier alpha value is -1.59. The van der Waals surface area contributed by atoms with Crippen LogP contribution >= 0.6 is 27.5 Å². The lowest BCUT2D eigenvalue weighted by atomic mass is 10.3. The Bertz CT molecular complexity index is 769. The minimum absolute atomic E-state index is 0.666. The van der Waals surface area contributed by atoms with Crippen molar-refractivity contribution >= 4 is 38.9 Å². The largest absolute Gasteiger partial charge is 0.381 e. The number of fused-ring (bicyclic) bond motifs is 1. The Kier molecular flexibility index (Phi) is 3.63. The molecule has 0 radical (unpaired) electrons. The molecule has 2 heterocycles. The van der Waals surface area contributed by atoms with Crippen LogP contribution in [0.2, 0.25) is 5.02 Å². The van der Waals surface area contributed by atoms with Gasteiger partial charge in [-0.1, -0.05) is 11.6 Å². The molecule has 0 bridgehead atoms. The van der Waals surface area contributed by atoms with E-state index in [1.807, 2.05) is 43.6 Å². The highest BCUT2D eigenvalue weighted by Crippen LogP contribution is 2.25. The molecule has 0 unspecified atom stereocenters. The first-order chi connectivity index (χ1) is 9.61. The molecule has 4 nitrogen and oxygen atoms in total. The van der Waals surface area contributed by atoms with E-state index in [0.717, 1.165) is 27.1 Å². The molecule has 0 spiro atoms. The van der Waals surface area contributed by atoms with Crippen LogP contribution in [0.3, 0.4) is 0 Å². The van der Waals surface area contributed by atoms with Crippen LogP contribution < -0.4 is 5.32 Å². The second kappa shape index (κ2) is 5.42. The molecule has 20 heavy (non-hydrogen) atoms. The van der Waals surface area contributed by atoms with Crippen LogP contribution in [0.4, 0.5) is 5.69 Å². The highest BCUT2D eigenvalue weighted by Gasteiger charge is 2.02. The summed E-state index contributed by atoms with van der Waals surface area (Å²) in [6.45, 7) is 2.62. The van der Waals surface area contributed by atoms with Crippen LogP contribution in [-0.4, -0.2) is 14.6 Å². The molecule has 0 atom stereocenters. The van der Waals surface area contributed by atoms with Crippen molar-refractivity contribution in [3.8, 4) is 0 Å². The summed E-state index contributed by atoms with van der Waals surface area (Å²) in [5, 5.41) is 8.35. The van der Waals surface area contributed by atoms with Gasteiger partial charge in [-0.05, 0) is 41.1 Å². The summed E-state index contributed by atoms with van der Waals surface area (Å²) >= 11 is 9.44. The van der Waals surface area contributed by atoms with Gasteiger partial charge in [0.05, 0.1) is 10.7 Å². The Labute approximate surface area is 129 Å². The van der Waals surface area contributed by atoms with Crippen molar-refractivity contribution in [3.63, 3.8) is 0 Å². The fourth-order valence-electron chi connectivity index (χ4n) is 1.94. The van der Waals surface area contributed by atoms with E-state index < -0.39 is 0 Å². The van der Waals surface area contributed by atoms with Crippen molar-refractivity contribution in [2.24, 2.45) is 0 Å². The molecule has 1 aromatic carbocycles. The maximum Gasteiger partial charge on any atom is 0.155 e. The third kappa shape index (κ3) is 2.78. The van der Waals surface area contributed by atoms with Gasteiger partial charge in [0.2, 0.25) is 0 Å². The Morgan fingerprint density at radius 2 is 2.20 bits per heavy atom. The maximum atomic E-state index is 6.06. The summed E-state index contributed by atoms with van der Waals surface area (Å²) < 4.78 is 2.68. The van der Waals surface area contributed by atoms with Gasteiger partial charge in [-0.3, -0.25) is 0 Å². The summed E-state index contributed by atoms with van der Waals surface area (Å²) in [5.74, 6) is 0. The fourth-order valence-corrected chi connectivity index (χ4v) is 2.36. The van der Waals surface area contributed by atoms with Gasteiger partial charge in [-0.15, -0.1) is 0 Å². The summed E-state index contributed by atoms with van der Waals surface area (Å²) in [6, 6.07) is 7.73. The van der Waals surface area contributed by atoms with Crippen molar-refractivity contribution in [1.82, 2.24) is 14.6 Å². The lowest BCUT2D eigenvalue weighted by molar-refractivity contribution is 0.895. The number of hydrogen-bond acceptors (Lipinski definition) is 3. The maximum absolute atomic E-state index is 6.06. The smallest absolute Gasteiger partial charge is 0.155 e. The number of halogens is 2. The predicted octanol–water partition coefficient (Wildman–Crippen LogP) is 4.07. The van der Waals surface area contributed by atoms with Crippen molar-refractivity contribution in [1.29, 1.82) is 0 Å². The number of nitrogens with one attached hydrogen (secondary N) is 1. The van der Waals surface area contributed by atoms with Gasteiger partial charge in [0.25, 0.3) is 0 Å². The number of rotatable bonds is 3. The fraction of sp³-hybridized carbons (Fsp3) is 0.143. The first kappa shape index (κ1) is 13.4. The van der Waals surface area contributed by atoms with E-state index in [-0.39, 0.29) is 0 Å².